The van der Waals surface area contributed by atoms with E-state index >= 15 is 0 Å². The second-order valence-corrected chi connectivity index (χ2v) is 5.94. The van der Waals surface area contributed by atoms with Crippen molar-refractivity contribution in [2.75, 3.05) is 0 Å². The zero-order valence-electron chi connectivity index (χ0n) is 9.83. The van der Waals surface area contributed by atoms with Gasteiger partial charge in [-0.3, -0.25) is 0 Å². The molecular weight excluding hydrogens is 291 g/mol. The summed E-state index contributed by atoms with van der Waals surface area (Å²) in [6, 6.07) is 15.1. The van der Waals surface area contributed by atoms with Crippen LogP contribution in [0.2, 0.25) is 0 Å². The molecule has 0 amide bonds. The van der Waals surface area contributed by atoms with E-state index in [2.05, 4.69) is 7.54 Å². The van der Waals surface area contributed by atoms with Crippen molar-refractivity contribution in [1.82, 2.24) is 3.98 Å². The molecule has 1 heterocycles. The van der Waals surface area contributed by atoms with E-state index in [-0.39, 0.29) is 20.7 Å². The van der Waals surface area contributed by atoms with Crippen LogP contribution < -0.4 is 3.56 Å². The van der Waals surface area contributed by atoms with Crippen LogP contribution in [0.25, 0.3) is 11.0 Å². The van der Waals surface area contributed by atoms with Crippen molar-refractivity contribution in [3.8, 4) is 0 Å². The number of rotatable bonds is 2. The normalized spacial score (nSPS) is 10.7. The molecule has 0 atom stereocenters. The predicted octanol–water partition coefficient (Wildman–Crippen LogP) is 1.35. The molecule has 2 aromatic carbocycles. The topological polar surface area (TPSA) is 33.8 Å². The third-order valence-electron chi connectivity index (χ3n) is 2.87. The number of aromatic nitrogens is 2. The molecule has 18 heavy (non-hydrogen) atoms. The molecule has 88 valence electrons. The van der Waals surface area contributed by atoms with Gasteiger partial charge < -0.3 is 0 Å². The molecule has 4 heteroatoms. The van der Waals surface area contributed by atoms with Crippen molar-refractivity contribution in [1.29, 1.82) is 0 Å². The Morgan fingerprint density at radius 2 is 1.89 bits per heavy atom. The summed E-state index contributed by atoms with van der Waals surface area (Å²) in [5, 5.41) is 0. The molecule has 0 aliphatic heterocycles. The first-order valence-corrected chi connectivity index (χ1v) is 7.14. The second-order valence-electron chi connectivity index (χ2n) is 4.07. The van der Waals surface area contributed by atoms with Crippen LogP contribution in [0, 0.1) is 0 Å². The molecular formula is C14H11N2OSe+. The summed E-state index contributed by atoms with van der Waals surface area (Å²) in [7, 11) is 2.01. The van der Waals surface area contributed by atoms with E-state index in [9.17, 15) is 4.79 Å². The fourth-order valence-electron chi connectivity index (χ4n) is 1.90. The van der Waals surface area contributed by atoms with E-state index < -0.39 is 0 Å². The Labute approximate surface area is 111 Å². The summed E-state index contributed by atoms with van der Waals surface area (Å²) >= 11 is 0.122. The summed E-state index contributed by atoms with van der Waals surface area (Å²) in [5.41, 5.74) is 3.49. The van der Waals surface area contributed by atoms with Crippen molar-refractivity contribution >= 4 is 31.8 Å². The number of hydrogen-bond acceptors (Lipinski definition) is 2. The molecule has 0 saturated carbocycles. The first-order valence-electron chi connectivity index (χ1n) is 5.61. The monoisotopic (exact) mass is 303 g/mol. The zero-order valence-corrected chi connectivity index (χ0v) is 11.5. The number of carbonyl (C=O) groups excluding carboxylic acids is 1. The number of benzene rings is 2. The van der Waals surface area contributed by atoms with Gasteiger partial charge in [0.2, 0.25) is 0 Å². The van der Waals surface area contributed by atoms with E-state index in [1.54, 1.807) is 0 Å². The molecule has 0 spiro atoms. The minimum absolute atomic E-state index is 0.0613. The SMILES string of the molecule is C[n+]1[se]nc2ccc(C(=O)c3ccccc3)cc21. The quantitative estimate of drug-likeness (QED) is 0.529. The van der Waals surface area contributed by atoms with E-state index in [0.29, 0.717) is 0 Å². The van der Waals surface area contributed by atoms with Gasteiger partial charge in [-0.25, -0.2) is 0 Å². The van der Waals surface area contributed by atoms with Crippen LogP contribution in [-0.2, 0) is 7.05 Å². The first kappa shape index (κ1) is 11.3. The van der Waals surface area contributed by atoms with E-state index in [1.807, 2.05) is 55.6 Å². The number of hydrogen-bond donors (Lipinski definition) is 0. The van der Waals surface area contributed by atoms with Crippen molar-refractivity contribution in [3.63, 3.8) is 0 Å². The number of nitrogens with zero attached hydrogens (tertiary/aromatic N) is 2. The van der Waals surface area contributed by atoms with Gasteiger partial charge in [0.25, 0.3) is 0 Å². The van der Waals surface area contributed by atoms with Crippen molar-refractivity contribution in [2.24, 2.45) is 7.05 Å². The van der Waals surface area contributed by atoms with Crippen LogP contribution in [0.4, 0.5) is 0 Å². The molecule has 1 aromatic heterocycles. The summed E-state index contributed by atoms with van der Waals surface area (Å²) in [4.78, 5) is 12.3. The van der Waals surface area contributed by atoms with Gasteiger partial charge in [0.1, 0.15) is 0 Å². The molecule has 0 aliphatic rings. The van der Waals surface area contributed by atoms with Crippen LogP contribution in [0.1, 0.15) is 15.9 Å². The van der Waals surface area contributed by atoms with Crippen LogP contribution in [0.3, 0.4) is 0 Å². The number of ketones is 1. The van der Waals surface area contributed by atoms with Gasteiger partial charge in [0.05, 0.1) is 0 Å². The van der Waals surface area contributed by atoms with E-state index in [1.165, 1.54) is 0 Å². The number of carbonyl (C=O) groups is 1. The maximum atomic E-state index is 12.3. The Morgan fingerprint density at radius 3 is 2.67 bits per heavy atom. The van der Waals surface area contributed by atoms with Gasteiger partial charge in [-0.05, 0) is 0 Å². The van der Waals surface area contributed by atoms with Crippen LogP contribution in [0.15, 0.2) is 48.5 Å². The number of fused-ring (bicyclic) bond motifs is 1. The van der Waals surface area contributed by atoms with Crippen molar-refractivity contribution in [2.45, 2.75) is 0 Å². The third kappa shape index (κ3) is 1.90. The molecule has 0 bridgehead atoms. The average molecular weight is 302 g/mol. The summed E-state index contributed by atoms with van der Waals surface area (Å²) < 4.78 is 6.53. The second kappa shape index (κ2) is 4.48. The molecule has 3 aromatic rings. The molecule has 0 saturated heterocycles. The molecule has 0 N–H and O–H groups in total. The Hall–Kier alpha value is -1.77. The number of aryl methyl sites for hydroxylation is 1. The van der Waals surface area contributed by atoms with Crippen LogP contribution in [0.5, 0.6) is 0 Å². The molecule has 3 nitrogen and oxygen atoms in total. The summed E-state index contributed by atoms with van der Waals surface area (Å²) in [6.45, 7) is 0. The molecule has 0 aliphatic carbocycles. The summed E-state index contributed by atoms with van der Waals surface area (Å²) in [6.07, 6.45) is 0. The van der Waals surface area contributed by atoms with Gasteiger partial charge in [0.15, 0.2) is 0 Å². The van der Waals surface area contributed by atoms with Gasteiger partial charge >= 0.3 is 111 Å². The Bertz CT molecular complexity index is 719. The third-order valence-corrected chi connectivity index (χ3v) is 4.39. The molecule has 3 rings (SSSR count). The Balaban J connectivity index is 2.09. The van der Waals surface area contributed by atoms with Gasteiger partial charge in [-0.1, -0.05) is 0 Å². The predicted molar refractivity (Wildman–Crippen MR) is 69.7 cm³/mol. The van der Waals surface area contributed by atoms with Gasteiger partial charge in [0, 0.05) is 0 Å². The van der Waals surface area contributed by atoms with Crippen molar-refractivity contribution < 1.29 is 8.36 Å². The summed E-state index contributed by atoms with van der Waals surface area (Å²) in [5.74, 6) is 0.0613. The minimum atomic E-state index is 0.0613. The van der Waals surface area contributed by atoms with Gasteiger partial charge in [-0.15, -0.1) is 0 Å². The standard InChI is InChI=1S/C14H11N2OSe/c1-16-13-9-11(7-8-12(13)15-18-16)14(17)10-5-3-2-4-6-10/h2-9H,1H3/q+1. The fourth-order valence-corrected chi connectivity index (χ4v) is 3.16. The Morgan fingerprint density at radius 1 is 1.11 bits per heavy atom. The first-order chi connectivity index (χ1) is 8.75. The molecule has 0 radical (unpaired) electrons. The van der Waals surface area contributed by atoms with Crippen LogP contribution in [-0.4, -0.2) is 24.7 Å². The van der Waals surface area contributed by atoms with Gasteiger partial charge in [-0.2, -0.15) is 0 Å². The fraction of sp³-hybridized carbons (Fsp3) is 0.0714. The molecule has 0 unspecified atom stereocenters. The molecule has 0 fully saturated rings. The van der Waals surface area contributed by atoms with Crippen molar-refractivity contribution in [3.05, 3.63) is 59.7 Å². The zero-order chi connectivity index (χ0) is 12.5. The Kier molecular flexibility index (Phi) is 2.82. The van der Waals surface area contributed by atoms with Crippen LogP contribution >= 0.6 is 0 Å². The van der Waals surface area contributed by atoms with E-state index in [0.717, 1.165) is 22.2 Å². The maximum absolute atomic E-state index is 12.3. The average Bonchev–Trinajstić information content (AvgIpc) is 2.80. The van der Waals surface area contributed by atoms with E-state index in [4.69, 9.17) is 0 Å².